The predicted molar refractivity (Wildman–Crippen MR) is 44.7 cm³/mol. The summed E-state index contributed by atoms with van der Waals surface area (Å²) in [6.07, 6.45) is 1.11. The van der Waals surface area contributed by atoms with E-state index in [2.05, 4.69) is 21.2 Å². The Hall–Kier alpha value is -0.420. The van der Waals surface area contributed by atoms with Gasteiger partial charge in [0.1, 0.15) is 0 Å². The lowest BCUT2D eigenvalue weighted by Gasteiger charge is -1.99. The molecule has 1 aliphatic heterocycles. The molecule has 0 aliphatic carbocycles. The van der Waals surface area contributed by atoms with Crippen LogP contribution in [-0.2, 0) is 9.59 Å². The molecular weight excluding hydrogens is 212 g/mol. The first-order chi connectivity index (χ1) is 4.74. The summed E-state index contributed by atoms with van der Waals surface area (Å²) in [5, 5.41) is 3.03. The van der Waals surface area contributed by atoms with Crippen LogP contribution in [0.2, 0.25) is 0 Å². The van der Waals surface area contributed by atoms with E-state index < -0.39 is 0 Å². The molecule has 0 saturated carbocycles. The number of carbonyl (C=O) groups is 2. The smallest absolute Gasteiger partial charge is 0.230 e. The van der Waals surface area contributed by atoms with Crippen molar-refractivity contribution in [3.63, 3.8) is 0 Å². The molecule has 1 atom stereocenters. The Morgan fingerprint density at radius 2 is 2.18 bits per heavy atom. The first-order valence-electron chi connectivity index (χ1n) is 3.13. The predicted octanol–water partition coefficient (Wildman–Crippen LogP) is 0.596. The molecule has 0 aromatic carbocycles. The molecule has 0 bridgehead atoms. The van der Waals surface area contributed by atoms with Crippen molar-refractivity contribution in [1.29, 1.82) is 0 Å². The number of rotatable bonds is 2. The molecule has 1 unspecified atom stereocenters. The number of halogens is 1. The van der Waals surface area contributed by atoms with Crippen LogP contribution in [0.15, 0.2) is 0 Å². The molecule has 4 N–H and O–H groups in total. The lowest BCUT2D eigenvalue weighted by atomic mass is 10.1. The van der Waals surface area contributed by atoms with Gasteiger partial charge in [-0.1, -0.05) is 15.9 Å². The van der Waals surface area contributed by atoms with E-state index >= 15 is 0 Å². The number of alkyl halides is 1. The van der Waals surface area contributed by atoms with Gasteiger partial charge in [-0.05, 0) is 6.42 Å². The van der Waals surface area contributed by atoms with E-state index in [1.807, 2.05) is 0 Å². The molecule has 0 radical (unpaired) electrons. The highest BCUT2D eigenvalue weighted by molar-refractivity contribution is 9.09. The van der Waals surface area contributed by atoms with Crippen LogP contribution in [0.3, 0.4) is 0 Å². The highest BCUT2D eigenvalue weighted by atomic mass is 79.9. The summed E-state index contributed by atoms with van der Waals surface area (Å²) in [6, 6.07) is 0. The van der Waals surface area contributed by atoms with E-state index in [1.54, 1.807) is 0 Å². The SMILES string of the molecule is N.O=C1CC(CCBr)C(=O)N1. The van der Waals surface area contributed by atoms with Crippen molar-refractivity contribution < 1.29 is 9.59 Å². The van der Waals surface area contributed by atoms with Gasteiger partial charge in [-0.3, -0.25) is 14.9 Å². The maximum absolute atomic E-state index is 10.8. The molecule has 1 saturated heterocycles. The van der Waals surface area contributed by atoms with E-state index in [-0.39, 0.29) is 23.9 Å². The standard InChI is InChI=1S/C6H8BrNO2.H3N/c7-2-1-4-3-5(9)8-6(4)10;/h4H,1-3H2,(H,8,9,10);1H3. The van der Waals surface area contributed by atoms with Crippen LogP contribution in [0.1, 0.15) is 12.8 Å². The van der Waals surface area contributed by atoms with Crippen molar-refractivity contribution in [2.45, 2.75) is 12.8 Å². The Balaban J connectivity index is 0.000001000. The van der Waals surface area contributed by atoms with Crippen molar-refractivity contribution in [1.82, 2.24) is 11.5 Å². The molecule has 0 spiro atoms. The molecule has 0 aromatic rings. The van der Waals surface area contributed by atoms with E-state index in [1.165, 1.54) is 0 Å². The van der Waals surface area contributed by atoms with Crippen LogP contribution < -0.4 is 11.5 Å². The van der Waals surface area contributed by atoms with Gasteiger partial charge in [0.2, 0.25) is 11.8 Å². The van der Waals surface area contributed by atoms with E-state index in [0.717, 1.165) is 11.8 Å². The zero-order valence-corrected chi connectivity index (χ0v) is 7.69. The van der Waals surface area contributed by atoms with Crippen molar-refractivity contribution in [3.05, 3.63) is 0 Å². The summed E-state index contributed by atoms with van der Waals surface area (Å²) in [4.78, 5) is 21.4. The molecule has 11 heavy (non-hydrogen) atoms. The molecule has 64 valence electrons. The van der Waals surface area contributed by atoms with Crippen molar-refractivity contribution in [3.8, 4) is 0 Å². The molecule has 0 aromatic heterocycles. The first-order valence-corrected chi connectivity index (χ1v) is 4.26. The summed E-state index contributed by atoms with van der Waals surface area (Å²) in [5.74, 6) is -0.354. The van der Waals surface area contributed by atoms with Gasteiger partial charge in [0, 0.05) is 17.7 Å². The number of amides is 2. The topological polar surface area (TPSA) is 81.2 Å². The van der Waals surface area contributed by atoms with Crippen LogP contribution in [0.25, 0.3) is 0 Å². The minimum atomic E-state index is -0.143. The van der Waals surface area contributed by atoms with Gasteiger partial charge >= 0.3 is 0 Å². The molecule has 1 heterocycles. The quantitative estimate of drug-likeness (QED) is 0.531. The van der Waals surface area contributed by atoms with Gasteiger partial charge in [0.15, 0.2) is 0 Å². The summed E-state index contributed by atoms with van der Waals surface area (Å²) >= 11 is 3.22. The second-order valence-electron chi connectivity index (χ2n) is 2.29. The molecule has 1 rings (SSSR count). The molecule has 4 nitrogen and oxygen atoms in total. The fourth-order valence-corrected chi connectivity index (χ4v) is 1.52. The highest BCUT2D eigenvalue weighted by Gasteiger charge is 2.29. The normalized spacial score (nSPS) is 22.8. The third kappa shape index (κ3) is 2.59. The Morgan fingerprint density at radius 3 is 2.55 bits per heavy atom. The molecular formula is C6H11BrN2O2. The summed E-state index contributed by atoms with van der Waals surface area (Å²) in [6.45, 7) is 0. The van der Waals surface area contributed by atoms with Gasteiger partial charge < -0.3 is 6.15 Å². The van der Waals surface area contributed by atoms with Crippen molar-refractivity contribution in [2.24, 2.45) is 5.92 Å². The second-order valence-corrected chi connectivity index (χ2v) is 3.08. The maximum Gasteiger partial charge on any atom is 0.230 e. The highest BCUT2D eigenvalue weighted by Crippen LogP contribution is 2.15. The van der Waals surface area contributed by atoms with E-state index in [0.29, 0.717) is 6.42 Å². The van der Waals surface area contributed by atoms with Gasteiger partial charge in [-0.25, -0.2) is 0 Å². The number of hydrogen-bond donors (Lipinski definition) is 2. The molecule has 2 amide bonds. The second kappa shape index (κ2) is 4.46. The third-order valence-electron chi connectivity index (χ3n) is 1.52. The fourth-order valence-electron chi connectivity index (χ4n) is 0.972. The van der Waals surface area contributed by atoms with Crippen molar-refractivity contribution in [2.75, 3.05) is 5.33 Å². The van der Waals surface area contributed by atoms with Gasteiger partial charge in [0.25, 0.3) is 0 Å². The van der Waals surface area contributed by atoms with Crippen LogP contribution in [0.4, 0.5) is 0 Å². The number of hydrogen-bond acceptors (Lipinski definition) is 3. The maximum atomic E-state index is 10.8. The minimum absolute atomic E-state index is 0. The van der Waals surface area contributed by atoms with Gasteiger partial charge in [-0.15, -0.1) is 0 Å². The molecule has 5 heteroatoms. The summed E-state index contributed by atoms with van der Waals surface area (Å²) < 4.78 is 0. The monoisotopic (exact) mass is 222 g/mol. The van der Waals surface area contributed by atoms with Gasteiger partial charge in [-0.2, -0.15) is 0 Å². The first kappa shape index (κ1) is 10.6. The largest absolute Gasteiger partial charge is 0.344 e. The number of carbonyl (C=O) groups excluding carboxylic acids is 2. The Morgan fingerprint density at radius 1 is 1.55 bits per heavy atom. The number of imide groups is 1. The average Bonchev–Trinajstić information content (AvgIpc) is 2.13. The van der Waals surface area contributed by atoms with Gasteiger partial charge in [0.05, 0.1) is 0 Å². The lowest BCUT2D eigenvalue weighted by molar-refractivity contribution is -0.125. The lowest BCUT2D eigenvalue weighted by Crippen LogP contribution is -2.22. The van der Waals surface area contributed by atoms with Crippen LogP contribution in [0, 0.1) is 5.92 Å². The zero-order chi connectivity index (χ0) is 7.56. The van der Waals surface area contributed by atoms with Crippen LogP contribution in [0.5, 0.6) is 0 Å². The van der Waals surface area contributed by atoms with Crippen molar-refractivity contribution >= 4 is 27.7 Å². The number of nitrogens with one attached hydrogen (secondary N) is 1. The molecule has 1 aliphatic rings. The molecule has 1 fully saturated rings. The minimum Gasteiger partial charge on any atom is -0.344 e. The van der Waals surface area contributed by atoms with E-state index in [4.69, 9.17) is 0 Å². The summed E-state index contributed by atoms with van der Waals surface area (Å²) in [7, 11) is 0. The fraction of sp³-hybridized carbons (Fsp3) is 0.667. The summed E-state index contributed by atoms with van der Waals surface area (Å²) in [5.41, 5.74) is 0. The van der Waals surface area contributed by atoms with Crippen LogP contribution in [-0.4, -0.2) is 17.1 Å². The zero-order valence-electron chi connectivity index (χ0n) is 6.10. The average molecular weight is 223 g/mol. The Kier molecular flexibility index (Phi) is 4.29. The third-order valence-corrected chi connectivity index (χ3v) is 1.98. The Labute approximate surface area is 73.4 Å². The van der Waals surface area contributed by atoms with Crippen LogP contribution >= 0.6 is 15.9 Å². The van der Waals surface area contributed by atoms with E-state index in [9.17, 15) is 9.59 Å². The Bertz CT molecular complexity index is 172.